The van der Waals surface area contributed by atoms with E-state index < -0.39 is 6.72 Å². The normalized spacial score (nSPS) is 12.8. The molecule has 0 bridgehead atoms. The number of hydrogen-bond donors (Lipinski definition) is 0. The molecule has 0 rings (SSSR count). The summed E-state index contributed by atoms with van der Waals surface area (Å²) in [6.45, 7) is 6.39. The first-order chi connectivity index (χ1) is 6.39. The molecule has 0 aliphatic heterocycles. The van der Waals surface area contributed by atoms with E-state index in [1.807, 2.05) is 27.7 Å². The van der Waals surface area contributed by atoms with Gasteiger partial charge in [0.1, 0.15) is 0 Å². The van der Waals surface area contributed by atoms with Gasteiger partial charge in [-0.25, -0.2) is 0 Å². The average molecular weight is 261 g/mol. The van der Waals surface area contributed by atoms with Crippen LogP contribution in [0.3, 0.4) is 0 Å². The van der Waals surface area contributed by atoms with E-state index in [2.05, 4.69) is 4.08 Å². The first kappa shape index (κ1) is 14.8. The Labute approximate surface area is 96.5 Å². The van der Waals surface area contributed by atoms with Crippen LogP contribution in [0.4, 0.5) is 0 Å². The summed E-state index contributed by atoms with van der Waals surface area (Å²) in [6, 6.07) is 0. The molecule has 0 N–H and O–H groups in total. The Balaban J connectivity index is 3.98. The highest BCUT2D eigenvalue weighted by atomic mass is 35.5. The van der Waals surface area contributed by atoms with Crippen molar-refractivity contribution < 1.29 is 13.1 Å². The quantitative estimate of drug-likeness (QED) is 0.652. The minimum atomic E-state index is -2.71. The lowest BCUT2D eigenvalue weighted by Crippen LogP contribution is -2.06. The third-order valence-electron chi connectivity index (χ3n) is 1.22. The fourth-order valence-corrected chi connectivity index (χ4v) is 2.28. The Kier molecular flexibility index (Phi) is 7.57. The molecule has 0 unspecified atom stereocenters. The lowest BCUT2D eigenvalue weighted by molar-refractivity contribution is 0.174. The molecular formula is C8H18ClO3PS. The van der Waals surface area contributed by atoms with Gasteiger partial charge in [0.25, 0.3) is 0 Å². The predicted octanol–water partition coefficient (Wildman–Crippen LogP) is 3.73. The number of hydrogen-bond acceptors (Lipinski definition) is 4. The first-order valence-electron chi connectivity index (χ1n) is 4.59. The summed E-state index contributed by atoms with van der Waals surface area (Å²) in [5.74, 6) is 0.763. The monoisotopic (exact) mass is 260 g/mol. The second kappa shape index (κ2) is 7.15. The zero-order valence-electron chi connectivity index (χ0n) is 9.03. The van der Waals surface area contributed by atoms with E-state index in [9.17, 15) is 0 Å². The van der Waals surface area contributed by atoms with Gasteiger partial charge in [0.2, 0.25) is 0 Å². The van der Waals surface area contributed by atoms with Gasteiger partial charge in [-0.05, 0) is 23.6 Å². The fraction of sp³-hybridized carbons (Fsp3) is 1.00. The molecule has 0 saturated carbocycles. The fourth-order valence-electron chi connectivity index (χ4n) is 0.558. The van der Waals surface area contributed by atoms with Gasteiger partial charge >= 0.3 is 6.72 Å². The minimum absolute atomic E-state index is 0.381. The summed E-state index contributed by atoms with van der Waals surface area (Å²) in [6.07, 6.45) is 0. The van der Waals surface area contributed by atoms with Crippen molar-refractivity contribution in [2.24, 2.45) is 11.8 Å². The summed E-state index contributed by atoms with van der Waals surface area (Å²) in [4.78, 5) is 0. The maximum Gasteiger partial charge on any atom is 0.343 e. The summed E-state index contributed by atoms with van der Waals surface area (Å²) >= 11 is 10.3. The number of halogens is 1. The Morgan fingerprint density at radius 2 is 1.43 bits per heavy atom. The van der Waals surface area contributed by atoms with Gasteiger partial charge in [-0.3, -0.25) is 0 Å². The zero-order valence-corrected chi connectivity index (χ0v) is 11.5. The van der Waals surface area contributed by atoms with Crippen LogP contribution in [0.15, 0.2) is 0 Å². The summed E-state index contributed by atoms with van der Waals surface area (Å²) in [5, 5.41) is 0. The maximum absolute atomic E-state index is 5.34. The Morgan fingerprint density at radius 3 is 1.64 bits per heavy atom. The van der Waals surface area contributed by atoms with E-state index in [4.69, 9.17) is 32.7 Å². The lowest BCUT2D eigenvalue weighted by Gasteiger charge is -2.20. The molecule has 3 nitrogen and oxygen atoms in total. The Bertz CT molecular complexity index is 183. The largest absolute Gasteiger partial charge is 0.343 e. The molecule has 0 radical (unpaired) electrons. The van der Waals surface area contributed by atoms with Gasteiger partial charge in [-0.2, -0.15) is 4.08 Å². The topological polar surface area (TPSA) is 27.7 Å². The maximum atomic E-state index is 5.34. The van der Waals surface area contributed by atoms with E-state index in [0.29, 0.717) is 25.0 Å². The molecule has 0 atom stereocenters. The van der Waals surface area contributed by atoms with Crippen molar-refractivity contribution in [3.05, 3.63) is 0 Å². The highest BCUT2D eigenvalue weighted by Crippen LogP contribution is 2.51. The van der Waals surface area contributed by atoms with Crippen molar-refractivity contribution in [3.8, 4) is 0 Å². The zero-order chi connectivity index (χ0) is 11.2. The van der Waals surface area contributed by atoms with E-state index in [0.717, 1.165) is 0 Å². The second-order valence-corrected chi connectivity index (χ2v) is 7.20. The van der Waals surface area contributed by atoms with Crippen LogP contribution >= 0.6 is 18.6 Å². The molecular weight excluding hydrogens is 243 g/mol. The van der Waals surface area contributed by atoms with Gasteiger partial charge in [0.15, 0.2) is 0 Å². The standard InChI is InChI=1S/C8H18ClO3PS/c1-7(2)5-10-13(14,12-9)11-6-8(3)4/h7-8H,5-6H2,1-4H3. The van der Waals surface area contributed by atoms with Gasteiger partial charge in [-0.15, -0.1) is 0 Å². The molecule has 0 aromatic heterocycles. The third-order valence-corrected chi connectivity index (χ3v) is 3.96. The van der Waals surface area contributed by atoms with Gasteiger partial charge in [0, 0.05) is 0 Å². The van der Waals surface area contributed by atoms with Crippen molar-refractivity contribution in [2.45, 2.75) is 27.7 Å². The summed E-state index contributed by atoms with van der Waals surface area (Å²) in [7, 11) is 0. The molecule has 0 amide bonds. The molecule has 0 aliphatic rings. The average Bonchev–Trinajstić information content (AvgIpc) is 2.11. The SMILES string of the molecule is CC(C)COP(=S)(OCl)OCC(C)C. The second-order valence-electron chi connectivity index (χ2n) is 3.90. The van der Waals surface area contributed by atoms with E-state index in [1.54, 1.807) is 0 Å². The molecule has 0 saturated heterocycles. The van der Waals surface area contributed by atoms with Crippen molar-refractivity contribution in [1.82, 2.24) is 0 Å². The number of rotatable bonds is 7. The van der Waals surface area contributed by atoms with E-state index >= 15 is 0 Å². The smallest absolute Gasteiger partial charge is 0.308 e. The molecule has 0 aromatic carbocycles. The Morgan fingerprint density at radius 1 is 1.07 bits per heavy atom. The highest BCUT2D eigenvalue weighted by Gasteiger charge is 2.21. The van der Waals surface area contributed by atoms with Crippen LogP contribution in [0.25, 0.3) is 0 Å². The van der Waals surface area contributed by atoms with Crippen LogP contribution in [0.1, 0.15) is 27.7 Å². The van der Waals surface area contributed by atoms with E-state index in [-0.39, 0.29) is 0 Å². The van der Waals surface area contributed by atoms with Gasteiger partial charge < -0.3 is 9.05 Å². The highest BCUT2D eigenvalue weighted by molar-refractivity contribution is 8.07. The van der Waals surface area contributed by atoms with Crippen molar-refractivity contribution in [3.63, 3.8) is 0 Å². The van der Waals surface area contributed by atoms with Crippen LogP contribution in [0.5, 0.6) is 0 Å². The van der Waals surface area contributed by atoms with Crippen LogP contribution in [0.2, 0.25) is 0 Å². The van der Waals surface area contributed by atoms with Crippen LogP contribution < -0.4 is 0 Å². The third kappa shape index (κ3) is 7.16. The van der Waals surface area contributed by atoms with Crippen molar-refractivity contribution >= 4 is 30.4 Å². The molecule has 0 aliphatic carbocycles. The molecule has 0 heterocycles. The molecule has 86 valence electrons. The van der Waals surface area contributed by atoms with Crippen LogP contribution in [-0.2, 0) is 24.9 Å². The first-order valence-corrected chi connectivity index (χ1v) is 7.45. The molecule has 6 heteroatoms. The van der Waals surface area contributed by atoms with Crippen LogP contribution in [0, 0.1) is 11.8 Å². The molecule has 0 spiro atoms. The van der Waals surface area contributed by atoms with Crippen LogP contribution in [-0.4, -0.2) is 13.2 Å². The van der Waals surface area contributed by atoms with Crippen molar-refractivity contribution in [1.29, 1.82) is 0 Å². The summed E-state index contributed by atoms with van der Waals surface area (Å²) in [5.41, 5.74) is 0. The Hall–Kier alpha value is 0.820. The van der Waals surface area contributed by atoms with Crippen molar-refractivity contribution in [2.75, 3.05) is 13.2 Å². The van der Waals surface area contributed by atoms with Gasteiger partial charge in [0.05, 0.1) is 25.1 Å². The minimum Gasteiger partial charge on any atom is -0.308 e. The predicted molar refractivity (Wildman–Crippen MR) is 62.8 cm³/mol. The molecule has 0 fully saturated rings. The molecule has 0 aromatic rings. The molecule has 14 heavy (non-hydrogen) atoms. The van der Waals surface area contributed by atoms with E-state index in [1.165, 1.54) is 0 Å². The summed E-state index contributed by atoms with van der Waals surface area (Å²) < 4.78 is 15.3. The van der Waals surface area contributed by atoms with Gasteiger partial charge in [-0.1, -0.05) is 27.7 Å². The lowest BCUT2D eigenvalue weighted by atomic mass is 10.2.